The fourth-order valence-corrected chi connectivity index (χ4v) is 3.42. The highest BCUT2D eigenvalue weighted by Gasteiger charge is 2.16. The molecule has 0 aliphatic rings. The average molecular weight is 363 g/mol. The van der Waals surface area contributed by atoms with Crippen molar-refractivity contribution in [3.63, 3.8) is 0 Å². The Hall–Kier alpha value is -0.920. The smallest absolute Gasteiger partial charge is 0.240 e. The third kappa shape index (κ3) is 5.22. The van der Waals surface area contributed by atoms with Gasteiger partial charge in [-0.05, 0) is 44.5 Å². The van der Waals surface area contributed by atoms with Gasteiger partial charge in [-0.2, -0.15) is 0 Å². The van der Waals surface area contributed by atoms with E-state index in [0.717, 1.165) is 4.47 Å². The molecule has 0 saturated heterocycles. The van der Waals surface area contributed by atoms with Crippen molar-refractivity contribution in [2.75, 3.05) is 6.54 Å². The maximum atomic E-state index is 12.1. The molecule has 1 aromatic carbocycles. The molecule has 2 N–H and O–H groups in total. The molecule has 0 saturated carbocycles. The monoisotopic (exact) mass is 362 g/mol. The van der Waals surface area contributed by atoms with Crippen molar-refractivity contribution in [1.82, 2.24) is 10.0 Å². The van der Waals surface area contributed by atoms with E-state index in [4.69, 9.17) is 0 Å². The zero-order valence-corrected chi connectivity index (χ0v) is 14.1. The number of hydrogen-bond donors (Lipinski definition) is 2. The summed E-state index contributed by atoms with van der Waals surface area (Å²) in [7, 11) is -3.58. The molecule has 0 bridgehead atoms. The number of halogens is 1. The highest BCUT2D eigenvalue weighted by molar-refractivity contribution is 9.10. The zero-order valence-electron chi connectivity index (χ0n) is 11.7. The van der Waals surface area contributed by atoms with Crippen molar-refractivity contribution in [3.05, 3.63) is 28.2 Å². The largest absolute Gasteiger partial charge is 0.354 e. The fourth-order valence-electron chi connectivity index (χ4n) is 1.69. The van der Waals surface area contributed by atoms with Gasteiger partial charge in [-0.15, -0.1) is 0 Å². The van der Waals surface area contributed by atoms with Gasteiger partial charge in [0.2, 0.25) is 15.9 Å². The minimum Gasteiger partial charge on any atom is -0.354 e. The Labute approximate surface area is 128 Å². The Morgan fingerprint density at radius 2 is 2.00 bits per heavy atom. The van der Waals surface area contributed by atoms with Crippen molar-refractivity contribution >= 4 is 31.9 Å². The van der Waals surface area contributed by atoms with Crippen LogP contribution in [0.5, 0.6) is 0 Å². The molecule has 20 heavy (non-hydrogen) atoms. The second-order valence-electron chi connectivity index (χ2n) is 4.78. The molecule has 5 nitrogen and oxygen atoms in total. The lowest BCUT2D eigenvalue weighted by molar-refractivity contribution is -0.121. The fraction of sp³-hybridized carbons (Fsp3) is 0.462. The van der Waals surface area contributed by atoms with Crippen LogP contribution in [0.25, 0.3) is 0 Å². The summed E-state index contributed by atoms with van der Waals surface area (Å²) in [6.45, 7) is 5.52. The lowest BCUT2D eigenvalue weighted by atomic mass is 10.2. The zero-order chi connectivity index (χ0) is 15.3. The molecule has 0 atom stereocenters. The van der Waals surface area contributed by atoms with Crippen molar-refractivity contribution in [2.45, 2.75) is 38.1 Å². The van der Waals surface area contributed by atoms with Crippen LogP contribution in [-0.2, 0) is 14.8 Å². The summed E-state index contributed by atoms with van der Waals surface area (Å²) in [6.07, 6.45) is 0.118. The summed E-state index contributed by atoms with van der Waals surface area (Å²) in [6, 6.07) is 5.00. The molecule has 1 rings (SSSR count). The van der Waals surface area contributed by atoms with E-state index in [-0.39, 0.29) is 29.8 Å². The molecule has 1 amide bonds. The van der Waals surface area contributed by atoms with Crippen LogP contribution in [0.15, 0.2) is 27.6 Å². The minimum absolute atomic E-state index is 0.0489. The summed E-state index contributed by atoms with van der Waals surface area (Å²) >= 11 is 3.29. The van der Waals surface area contributed by atoms with Crippen LogP contribution < -0.4 is 10.0 Å². The van der Waals surface area contributed by atoms with E-state index < -0.39 is 10.0 Å². The number of amides is 1. The summed E-state index contributed by atoms with van der Waals surface area (Å²) in [5, 5.41) is 2.71. The van der Waals surface area contributed by atoms with E-state index in [9.17, 15) is 13.2 Å². The Morgan fingerprint density at radius 3 is 2.55 bits per heavy atom. The van der Waals surface area contributed by atoms with Crippen LogP contribution in [0.1, 0.15) is 25.8 Å². The normalized spacial score (nSPS) is 11.7. The molecule has 0 spiro atoms. The van der Waals surface area contributed by atoms with Gasteiger partial charge in [-0.1, -0.05) is 15.9 Å². The van der Waals surface area contributed by atoms with Gasteiger partial charge in [0.25, 0.3) is 0 Å². The number of carbonyl (C=O) groups is 1. The molecule has 0 aromatic heterocycles. The van der Waals surface area contributed by atoms with E-state index in [1.165, 1.54) is 6.07 Å². The van der Waals surface area contributed by atoms with Crippen LogP contribution in [0, 0.1) is 6.92 Å². The quantitative estimate of drug-likeness (QED) is 0.811. The van der Waals surface area contributed by atoms with Gasteiger partial charge in [0.1, 0.15) is 0 Å². The van der Waals surface area contributed by atoms with Gasteiger partial charge in [0, 0.05) is 23.5 Å². The standard InChI is InChI=1S/C13H19BrN2O3S/c1-9(2)16-13(17)6-7-15-20(18,19)12-5-4-11(14)8-10(12)3/h4-5,8-9,15H,6-7H2,1-3H3,(H,16,17). The second kappa shape index (κ2) is 7.19. The first-order chi connectivity index (χ1) is 9.22. The van der Waals surface area contributed by atoms with E-state index >= 15 is 0 Å². The summed E-state index contributed by atoms with van der Waals surface area (Å²) in [4.78, 5) is 11.7. The van der Waals surface area contributed by atoms with Crippen molar-refractivity contribution in [1.29, 1.82) is 0 Å². The first kappa shape index (κ1) is 17.1. The summed E-state index contributed by atoms with van der Waals surface area (Å²) < 4.78 is 27.5. The van der Waals surface area contributed by atoms with E-state index in [0.29, 0.717) is 5.56 Å². The minimum atomic E-state index is -3.58. The predicted molar refractivity (Wildman–Crippen MR) is 82.0 cm³/mol. The third-order valence-electron chi connectivity index (χ3n) is 2.52. The van der Waals surface area contributed by atoms with Crippen LogP contribution in [0.4, 0.5) is 0 Å². The third-order valence-corrected chi connectivity index (χ3v) is 4.63. The number of carbonyl (C=O) groups excluding carboxylic acids is 1. The number of aryl methyl sites for hydroxylation is 1. The van der Waals surface area contributed by atoms with E-state index in [1.807, 2.05) is 13.8 Å². The van der Waals surface area contributed by atoms with E-state index in [1.54, 1.807) is 19.1 Å². The summed E-state index contributed by atoms with van der Waals surface area (Å²) in [5.74, 6) is -0.171. The number of benzene rings is 1. The summed E-state index contributed by atoms with van der Waals surface area (Å²) in [5.41, 5.74) is 0.651. The number of rotatable bonds is 6. The topological polar surface area (TPSA) is 75.3 Å². The molecule has 0 fully saturated rings. The first-order valence-corrected chi connectivity index (χ1v) is 8.55. The maximum absolute atomic E-state index is 12.1. The van der Waals surface area contributed by atoms with Gasteiger partial charge in [-0.25, -0.2) is 13.1 Å². The molecule has 7 heteroatoms. The lowest BCUT2D eigenvalue weighted by Gasteiger charge is -2.11. The highest BCUT2D eigenvalue weighted by atomic mass is 79.9. The van der Waals surface area contributed by atoms with Crippen molar-refractivity contribution in [3.8, 4) is 0 Å². The van der Waals surface area contributed by atoms with Gasteiger partial charge >= 0.3 is 0 Å². The predicted octanol–water partition coefficient (Wildman–Crippen LogP) is 1.95. The van der Waals surface area contributed by atoms with Crippen molar-refractivity contribution in [2.24, 2.45) is 0 Å². The average Bonchev–Trinajstić information content (AvgIpc) is 2.26. The highest BCUT2D eigenvalue weighted by Crippen LogP contribution is 2.19. The number of nitrogens with one attached hydrogen (secondary N) is 2. The van der Waals surface area contributed by atoms with Crippen LogP contribution in [0.3, 0.4) is 0 Å². The molecule has 0 aliphatic carbocycles. The second-order valence-corrected chi connectivity index (χ2v) is 7.43. The van der Waals surface area contributed by atoms with Crippen molar-refractivity contribution < 1.29 is 13.2 Å². The maximum Gasteiger partial charge on any atom is 0.240 e. The van der Waals surface area contributed by atoms with Crippen LogP contribution in [-0.4, -0.2) is 26.9 Å². The first-order valence-electron chi connectivity index (χ1n) is 6.27. The number of sulfonamides is 1. The Morgan fingerprint density at radius 1 is 1.35 bits per heavy atom. The molecule has 1 aromatic rings. The van der Waals surface area contributed by atoms with E-state index in [2.05, 4.69) is 26.0 Å². The Balaban J connectivity index is 2.64. The molecule has 0 aliphatic heterocycles. The van der Waals surface area contributed by atoms with Gasteiger partial charge in [0.05, 0.1) is 4.90 Å². The van der Waals surface area contributed by atoms with Gasteiger partial charge in [0.15, 0.2) is 0 Å². The molecule has 0 radical (unpaired) electrons. The molecule has 112 valence electrons. The van der Waals surface area contributed by atoms with Crippen LogP contribution >= 0.6 is 15.9 Å². The van der Waals surface area contributed by atoms with Gasteiger partial charge in [-0.3, -0.25) is 4.79 Å². The Kier molecular flexibility index (Phi) is 6.16. The van der Waals surface area contributed by atoms with Gasteiger partial charge < -0.3 is 5.32 Å². The lowest BCUT2D eigenvalue weighted by Crippen LogP contribution is -2.34. The van der Waals surface area contributed by atoms with Crippen LogP contribution in [0.2, 0.25) is 0 Å². The molecular weight excluding hydrogens is 344 g/mol. The molecular formula is C13H19BrN2O3S. The Bertz CT molecular complexity index is 585. The number of hydrogen-bond acceptors (Lipinski definition) is 3. The SMILES string of the molecule is Cc1cc(Br)ccc1S(=O)(=O)NCCC(=O)NC(C)C. The molecule has 0 heterocycles. The molecule has 0 unspecified atom stereocenters.